The fraction of sp³-hybridized carbons (Fsp3) is 0.250. The molecular formula is C24H25FN6O. The Kier molecular flexibility index (Phi) is 5.14. The Morgan fingerprint density at radius 2 is 1.81 bits per heavy atom. The number of nitrogens with zero attached hydrogens (tertiary/aromatic N) is 4. The molecule has 0 fully saturated rings. The highest BCUT2D eigenvalue weighted by Gasteiger charge is 2.21. The number of aromatic amines is 1. The molecule has 8 heteroatoms. The van der Waals surface area contributed by atoms with Gasteiger partial charge in [0.15, 0.2) is 5.82 Å². The monoisotopic (exact) mass is 432 g/mol. The zero-order valence-corrected chi connectivity index (χ0v) is 17.9. The number of aryl methyl sites for hydroxylation is 2. The van der Waals surface area contributed by atoms with Crippen molar-refractivity contribution in [1.82, 2.24) is 23.9 Å². The average Bonchev–Trinajstić information content (AvgIpc) is 3.46. The van der Waals surface area contributed by atoms with Crippen molar-refractivity contribution in [3.63, 3.8) is 0 Å². The number of benzene rings is 2. The van der Waals surface area contributed by atoms with Gasteiger partial charge < -0.3 is 14.9 Å². The summed E-state index contributed by atoms with van der Waals surface area (Å²) in [6.07, 6.45) is 5.68. The van der Waals surface area contributed by atoms with E-state index in [1.165, 1.54) is 12.1 Å². The lowest BCUT2D eigenvalue weighted by atomic mass is 10.1. The van der Waals surface area contributed by atoms with Crippen LogP contribution >= 0.6 is 0 Å². The van der Waals surface area contributed by atoms with Crippen molar-refractivity contribution in [2.75, 3.05) is 6.54 Å². The maximum atomic E-state index is 14.2. The van der Waals surface area contributed by atoms with Gasteiger partial charge in [0.1, 0.15) is 5.82 Å². The molecule has 0 saturated carbocycles. The first-order valence-electron chi connectivity index (χ1n) is 10.9. The van der Waals surface area contributed by atoms with Crippen LogP contribution in [-0.4, -0.2) is 30.4 Å². The minimum absolute atomic E-state index is 0.354. The number of rotatable bonds is 7. The van der Waals surface area contributed by atoms with E-state index in [0.29, 0.717) is 30.0 Å². The second-order valence-corrected chi connectivity index (χ2v) is 7.95. The van der Waals surface area contributed by atoms with E-state index in [2.05, 4.69) is 27.8 Å². The van der Waals surface area contributed by atoms with Gasteiger partial charge in [0.2, 0.25) is 0 Å². The molecule has 0 unspecified atom stereocenters. The van der Waals surface area contributed by atoms with Crippen molar-refractivity contribution >= 4 is 21.8 Å². The number of halogens is 1. The summed E-state index contributed by atoms with van der Waals surface area (Å²) in [7, 11) is 0. The molecule has 5 rings (SSSR count). The number of aromatic nitrogens is 5. The molecule has 3 heterocycles. The van der Waals surface area contributed by atoms with Crippen LogP contribution in [0.3, 0.4) is 0 Å². The predicted octanol–water partition coefficient (Wildman–Crippen LogP) is 4.03. The second kappa shape index (κ2) is 8.12. The van der Waals surface area contributed by atoms with E-state index >= 15 is 0 Å². The molecule has 3 aromatic heterocycles. The number of para-hydroxylation sites is 1. The molecule has 5 aromatic rings. The maximum absolute atomic E-state index is 14.2. The summed E-state index contributed by atoms with van der Waals surface area (Å²) in [5, 5.41) is 8.64. The fourth-order valence-corrected chi connectivity index (χ4v) is 4.43. The van der Waals surface area contributed by atoms with Crippen molar-refractivity contribution in [2.45, 2.75) is 32.9 Å². The highest BCUT2D eigenvalue weighted by Crippen LogP contribution is 2.33. The molecule has 0 saturated heterocycles. The SMILES string of the molecule is CCCn1cc(-c2n[nH]c(=O)n2-c2cn(CCCN)c3ccc(F)cc23)c2ccccc21. The molecule has 164 valence electrons. The third-order valence-electron chi connectivity index (χ3n) is 5.83. The first kappa shape index (κ1) is 20.3. The minimum atomic E-state index is -0.366. The van der Waals surface area contributed by atoms with Crippen molar-refractivity contribution in [1.29, 1.82) is 0 Å². The van der Waals surface area contributed by atoms with E-state index in [4.69, 9.17) is 5.73 Å². The first-order chi connectivity index (χ1) is 15.6. The molecule has 7 nitrogen and oxygen atoms in total. The lowest BCUT2D eigenvalue weighted by Crippen LogP contribution is -2.15. The van der Waals surface area contributed by atoms with Gasteiger partial charge in [0, 0.05) is 47.3 Å². The van der Waals surface area contributed by atoms with Crippen molar-refractivity contribution in [3.05, 3.63) is 71.2 Å². The van der Waals surface area contributed by atoms with Gasteiger partial charge in [-0.2, -0.15) is 5.10 Å². The Morgan fingerprint density at radius 1 is 1.03 bits per heavy atom. The summed E-state index contributed by atoms with van der Waals surface area (Å²) in [6.45, 7) is 4.21. The Bertz CT molecular complexity index is 1470. The van der Waals surface area contributed by atoms with Gasteiger partial charge in [-0.1, -0.05) is 25.1 Å². The third-order valence-corrected chi connectivity index (χ3v) is 5.83. The van der Waals surface area contributed by atoms with Crippen LogP contribution in [-0.2, 0) is 13.1 Å². The quantitative estimate of drug-likeness (QED) is 0.407. The molecular weight excluding hydrogens is 407 g/mol. The van der Waals surface area contributed by atoms with Crippen LogP contribution in [0.1, 0.15) is 19.8 Å². The van der Waals surface area contributed by atoms with Crippen LogP contribution in [0.4, 0.5) is 4.39 Å². The highest BCUT2D eigenvalue weighted by atomic mass is 19.1. The molecule has 0 aliphatic heterocycles. The molecule has 0 radical (unpaired) electrons. The molecule has 3 N–H and O–H groups in total. The summed E-state index contributed by atoms with van der Waals surface area (Å²) in [6, 6.07) is 12.7. The van der Waals surface area contributed by atoms with Crippen LogP contribution in [0.25, 0.3) is 38.9 Å². The summed E-state index contributed by atoms with van der Waals surface area (Å²) in [4.78, 5) is 12.9. The lowest BCUT2D eigenvalue weighted by molar-refractivity contribution is 0.629. The van der Waals surface area contributed by atoms with Gasteiger partial charge in [0.25, 0.3) is 0 Å². The number of fused-ring (bicyclic) bond motifs is 2. The largest absolute Gasteiger partial charge is 0.348 e. The zero-order valence-electron chi connectivity index (χ0n) is 17.9. The predicted molar refractivity (Wildman–Crippen MR) is 125 cm³/mol. The maximum Gasteiger partial charge on any atom is 0.348 e. The number of H-pyrrole nitrogens is 1. The second-order valence-electron chi connectivity index (χ2n) is 7.95. The highest BCUT2D eigenvalue weighted by molar-refractivity contribution is 5.96. The van der Waals surface area contributed by atoms with Gasteiger partial charge in [-0.3, -0.25) is 0 Å². The Balaban J connectivity index is 1.77. The standard InChI is InChI=1S/C24H25FN6O/c1-2-11-29-14-19(17-6-3-4-7-20(17)29)23-27-28-24(32)31(23)22-15-30(12-5-10-26)21-9-8-16(25)13-18(21)22/h3-4,6-9,13-15H,2,5,10-12,26H2,1H3,(H,28,32). The van der Waals surface area contributed by atoms with Crippen LogP contribution in [0.2, 0.25) is 0 Å². The fourth-order valence-electron chi connectivity index (χ4n) is 4.43. The molecule has 32 heavy (non-hydrogen) atoms. The minimum Gasteiger partial charge on any atom is -0.347 e. The summed E-state index contributed by atoms with van der Waals surface area (Å²) in [5.74, 6) is 0.149. The van der Waals surface area contributed by atoms with Crippen molar-refractivity contribution in [3.8, 4) is 17.1 Å². The zero-order chi connectivity index (χ0) is 22.2. The average molecular weight is 433 g/mol. The summed E-state index contributed by atoms with van der Waals surface area (Å²) < 4.78 is 19.9. The van der Waals surface area contributed by atoms with Crippen molar-refractivity contribution in [2.24, 2.45) is 5.73 Å². The van der Waals surface area contributed by atoms with Crippen LogP contribution in [0.15, 0.2) is 59.7 Å². The van der Waals surface area contributed by atoms with E-state index < -0.39 is 0 Å². The molecule has 0 aliphatic rings. The molecule has 0 aliphatic carbocycles. The van der Waals surface area contributed by atoms with Gasteiger partial charge in [-0.25, -0.2) is 18.9 Å². The van der Waals surface area contributed by atoms with Crippen LogP contribution in [0.5, 0.6) is 0 Å². The molecule has 2 aromatic carbocycles. The van der Waals surface area contributed by atoms with E-state index in [9.17, 15) is 9.18 Å². The van der Waals surface area contributed by atoms with E-state index in [1.54, 1.807) is 10.6 Å². The Labute approximate surface area is 183 Å². The van der Waals surface area contributed by atoms with Crippen LogP contribution < -0.4 is 11.4 Å². The molecule has 0 bridgehead atoms. The van der Waals surface area contributed by atoms with Crippen LogP contribution in [0, 0.1) is 5.82 Å². The van der Waals surface area contributed by atoms with E-state index in [0.717, 1.165) is 41.4 Å². The third kappa shape index (κ3) is 3.23. The molecule has 0 atom stereocenters. The Morgan fingerprint density at radius 3 is 2.62 bits per heavy atom. The normalized spacial score (nSPS) is 11.7. The molecule has 0 amide bonds. The van der Waals surface area contributed by atoms with E-state index in [-0.39, 0.29) is 11.5 Å². The summed E-state index contributed by atoms with van der Waals surface area (Å²) in [5.41, 5.74) is 8.72. The number of hydrogen-bond donors (Lipinski definition) is 2. The van der Waals surface area contributed by atoms with E-state index in [1.807, 2.05) is 35.2 Å². The first-order valence-corrected chi connectivity index (χ1v) is 10.9. The number of hydrogen-bond acceptors (Lipinski definition) is 3. The van der Waals surface area contributed by atoms with Gasteiger partial charge in [-0.05, 0) is 43.7 Å². The van der Waals surface area contributed by atoms with Gasteiger partial charge in [-0.15, -0.1) is 0 Å². The van der Waals surface area contributed by atoms with Gasteiger partial charge >= 0.3 is 5.69 Å². The Hall–Kier alpha value is -3.65. The molecule has 0 spiro atoms. The number of nitrogens with one attached hydrogen (secondary N) is 1. The van der Waals surface area contributed by atoms with Crippen molar-refractivity contribution < 1.29 is 4.39 Å². The smallest absolute Gasteiger partial charge is 0.347 e. The topological polar surface area (TPSA) is 86.6 Å². The van der Waals surface area contributed by atoms with Gasteiger partial charge in [0.05, 0.1) is 11.2 Å². The summed E-state index contributed by atoms with van der Waals surface area (Å²) >= 11 is 0. The number of nitrogens with two attached hydrogens (primary N) is 1. The lowest BCUT2D eigenvalue weighted by Gasteiger charge is -2.04.